The summed E-state index contributed by atoms with van der Waals surface area (Å²) in [6.45, 7) is 0. The Kier molecular flexibility index (Phi) is 9.14. The van der Waals surface area contributed by atoms with E-state index in [9.17, 15) is 18.0 Å². The van der Waals surface area contributed by atoms with Crippen LogP contribution in [0.15, 0.2) is 46.9 Å². The molecule has 9 heteroatoms. The lowest BCUT2D eigenvalue weighted by atomic mass is 10.1. The number of carboxylic acid groups (broad SMARTS) is 1. The van der Waals surface area contributed by atoms with Gasteiger partial charge in [0, 0.05) is 0 Å². The molecule has 0 unspecified atom stereocenters. The van der Waals surface area contributed by atoms with E-state index in [0.717, 1.165) is 5.56 Å². The molecule has 144 valence electrons. The smallest absolute Gasteiger partial charge is 0.475 e. The van der Waals surface area contributed by atoms with E-state index >= 15 is 0 Å². The van der Waals surface area contributed by atoms with Crippen LogP contribution in [0.2, 0.25) is 0 Å². The molecule has 1 atom stereocenters. The maximum atomic E-state index is 11.3. The predicted octanol–water partition coefficient (Wildman–Crippen LogP) is 3.58. The second kappa shape index (κ2) is 10.2. The van der Waals surface area contributed by atoms with E-state index in [1.54, 1.807) is 12.1 Å². The van der Waals surface area contributed by atoms with Gasteiger partial charge in [-0.1, -0.05) is 37.8 Å². The van der Waals surface area contributed by atoms with E-state index in [2.05, 4.69) is 4.74 Å². The fourth-order valence-corrected chi connectivity index (χ4v) is 1.73. The van der Waals surface area contributed by atoms with E-state index in [-0.39, 0.29) is 19.2 Å². The third-order valence-electron chi connectivity index (χ3n) is 2.92. The van der Waals surface area contributed by atoms with Gasteiger partial charge in [-0.05, 0) is 24.1 Å². The standard InChI is InChI=1S/C14H15NO3.C2HF3O2.CH4/c1-17-14(16)13-8-7-12(18-13)11(15)9-10-5-3-2-4-6-10;3-2(4,5)1(6)7;/h2-8,11H,9,15H2,1H3;(H,6,7);1H4/t11-;;/m1../s1. The summed E-state index contributed by atoms with van der Waals surface area (Å²) < 4.78 is 41.7. The van der Waals surface area contributed by atoms with Gasteiger partial charge in [0.15, 0.2) is 0 Å². The lowest BCUT2D eigenvalue weighted by Crippen LogP contribution is -2.21. The Hall–Kier alpha value is -2.81. The van der Waals surface area contributed by atoms with Gasteiger partial charge in [-0.2, -0.15) is 13.2 Å². The summed E-state index contributed by atoms with van der Waals surface area (Å²) in [5, 5.41) is 7.12. The number of halogens is 3. The zero-order valence-electron chi connectivity index (χ0n) is 13.1. The van der Waals surface area contributed by atoms with Crippen LogP contribution in [-0.4, -0.2) is 30.3 Å². The van der Waals surface area contributed by atoms with Gasteiger partial charge >= 0.3 is 18.1 Å². The van der Waals surface area contributed by atoms with Crippen molar-refractivity contribution in [3.63, 3.8) is 0 Å². The monoisotopic (exact) mass is 375 g/mol. The van der Waals surface area contributed by atoms with Crippen molar-refractivity contribution < 1.29 is 37.0 Å². The second-order valence-corrected chi connectivity index (χ2v) is 4.79. The zero-order chi connectivity index (χ0) is 19.0. The van der Waals surface area contributed by atoms with Gasteiger partial charge in [0.25, 0.3) is 0 Å². The number of benzene rings is 1. The van der Waals surface area contributed by atoms with Crippen LogP contribution in [0.25, 0.3) is 0 Å². The lowest BCUT2D eigenvalue weighted by Gasteiger charge is -2.08. The number of hydrogen-bond acceptors (Lipinski definition) is 5. The minimum Gasteiger partial charge on any atom is -0.475 e. The Morgan fingerprint density at radius 3 is 2.19 bits per heavy atom. The van der Waals surface area contributed by atoms with E-state index in [1.807, 2.05) is 30.3 Å². The minimum absolute atomic E-state index is 0. The fourth-order valence-electron chi connectivity index (χ4n) is 1.73. The summed E-state index contributed by atoms with van der Waals surface area (Å²) in [4.78, 5) is 20.1. The molecule has 0 bridgehead atoms. The number of furan rings is 1. The summed E-state index contributed by atoms with van der Waals surface area (Å²) in [5.74, 6) is -2.49. The highest BCUT2D eigenvalue weighted by molar-refractivity contribution is 5.86. The topological polar surface area (TPSA) is 103 Å². The number of hydrogen-bond donors (Lipinski definition) is 2. The Balaban J connectivity index is 0.000000673. The van der Waals surface area contributed by atoms with Crippen molar-refractivity contribution in [3.8, 4) is 0 Å². The number of alkyl halides is 3. The molecular formula is C17H20F3NO5. The molecule has 1 aromatic carbocycles. The number of carbonyl (C=O) groups excluding carboxylic acids is 1. The molecule has 3 N–H and O–H groups in total. The Bertz CT molecular complexity index is 698. The van der Waals surface area contributed by atoms with Gasteiger partial charge in [0.1, 0.15) is 5.76 Å². The molecule has 6 nitrogen and oxygen atoms in total. The number of nitrogens with two attached hydrogens (primary N) is 1. The molecule has 1 aromatic heterocycles. The lowest BCUT2D eigenvalue weighted by molar-refractivity contribution is -0.192. The molecule has 26 heavy (non-hydrogen) atoms. The van der Waals surface area contributed by atoms with Crippen molar-refractivity contribution in [2.75, 3.05) is 7.11 Å². The highest BCUT2D eigenvalue weighted by Crippen LogP contribution is 2.19. The van der Waals surface area contributed by atoms with Crippen molar-refractivity contribution in [1.82, 2.24) is 0 Å². The molecule has 1 heterocycles. The molecule has 0 spiro atoms. The maximum Gasteiger partial charge on any atom is 0.490 e. The largest absolute Gasteiger partial charge is 0.490 e. The van der Waals surface area contributed by atoms with E-state index < -0.39 is 18.1 Å². The normalized spacial score (nSPS) is 11.4. The fraction of sp³-hybridized carbons (Fsp3) is 0.294. The van der Waals surface area contributed by atoms with Gasteiger partial charge in [-0.3, -0.25) is 0 Å². The first-order valence-electron chi connectivity index (χ1n) is 6.92. The van der Waals surface area contributed by atoms with Crippen LogP contribution in [0.4, 0.5) is 13.2 Å². The molecule has 0 saturated carbocycles. The maximum absolute atomic E-state index is 11.3. The molecule has 2 aromatic rings. The average Bonchev–Trinajstić information content (AvgIpc) is 3.05. The number of carbonyl (C=O) groups is 2. The van der Waals surface area contributed by atoms with Crippen LogP contribution in [-0.2, 0) is 16.0 Å². The average molecular weight is 375 g/mol. The quantitative estimate of drug-likeness (QED) is 0.792. The summed E-state index contributed by atoms with van der Waals surface area (Å²) >= 11 is 0. The van der Waals surface area contributed by atoms with Gasteiger partial charge in [0.2, 0.25) is 5.76 Å². The van der Waals surface area contributed by atoms with Crippen LogP contribution < -0.4 is 5.73 Å². The summed E-state index contributed by atoms with van der Waals surface area (Å²) in [5.41, 5.74) is 7.16. The van der Waals surface area contributed by atoms with E-state index in [1.165, 1.54) is 7.11 Å². The summed E-state index contributed by atoms with van der Waals surface area (Å²) in [6, 6.07) is 12.9. The van der Waals surface area contributed by atoms with Crippen LogP contribution in [0.5, 0.6) is 0 Å². The second-order valence-electron chi connectivity index (χ2n) is 4.79. The van der Waals surface area contributed by atoms with E-state index in [0.29, 0.717) is 12.2 Å². The Labute approximate surface area is 148 Å². The van der Waals surface area contributed by atoms with Crippen molar-refractivity contribution in [1.29, 1.82) is 0 Å². The highest BCUT2D eigenvalue weighted by atomic mass is 19.4. The third kappa shape index (κ3) is 7.39. The molecule has 0 saturated heterocycles. The number of rotatable bonds is 4. The van der Waals surface area contributed by atoms with Crippen LogP contribution in [0.1, 0.15) is 35.3 Å². The van der Waals surface area contributed by atoms with Crippen LogP contribution in [0, 0.1) is 0 Å². The van der Waals surface area contributed by atoms with Crippen LogP contribution in [0.3, 0.4) is 0 Å². The SMILES string of the molecule is C.COC(=O)c1ccc([C@H](N)Cc2ccccc2)o1.O=C(O)C(F)(F)F. The first kappa shape index (κ1) is 23.2. The van der Waals surface area contributed by atoms with Crippen LogP contribution >= 0.6 is 0 Å². The minimum atomic E-state index is -5.08. The van der Waals surface area contributed by atoms with Crippen molar-refractivity contribution >= 4 is 11.9 Å². The summed E-state index contributed by atoms with van der Waals surface area (Å²) in [7, 11) is 1.31. The van der Waals surface area contributed by atoms with Gasteiger partial charge < -0.3 is 20.0 Å². The number of esters is 1. The molecular weight excluding hydrogens is 355 g/mol. The van der Waals surface area contributed by atoms with Gasteiger partial charge in [-0.15, -0.1) is 0 Å². The third-order valence-corrected chi connectivity index (χ3v) is 2.92. The number of carboxylic acids is 1. The van der Waals surface area contributed by atoms with E-state index in [4.69, 9.17) is 20.1 Å². The van der Waals surface area contributed by atoms with Gasteiger partial charge in [0.05, 0.1) is 13.2 Å². The molecule has 0 aliphatic heterocycles. The first-order valence-corrected chi connectivity index (χ1v) is 6.92. The van der Waals surface area contributed by atoms with Crippen molar-refractivity contribution in [3.05, 3.63) is 59.5 Å². The van der Waals surface area contributed by atoms with Gasteiger partial charge in [-0.25, -0.2) is 9.59 Å². The number of methoxy groups -OCH3 is 1. The van der Waals surface area contributed by atoms with Crippen molar-refractivity contribution in [2.24, 2.45) is 5.73 Å². The highest BCUT2D eigenvalue weighted by Gasteiger charge is 2.38. The summed E-state index contributed by atoms with van der Waals surface area (Å²) in [6.07, 6.45) is -4.42. The molecule has 2 rings (SSSR count). The Morgan fingerprint density at radius 2 is 1.73 bits per heavy atom. The number of aliphatic carboxylic acids is 1. The predicted molar refractivity (Wildman–Crippen MR) is 87.5 cm³/mol. The molecule has 0 amide bonds. The zero-order valence-corrected chi connectivity index (χ0v) is 13.1. The first-order chi connectivity index (χ1) is 11.6. The molecule has 0 fully saturated rings. The number of ether oxygens (including phenoxy) is 1. The Morgan fingerprint density at radius 1 is 1.19 bits per heavy atom. The van der Waals surface area contributed by atoms with Crippen molar-refractivity contribution in [2.45, 2.75) is 26.1 Å². The molecule has 0 aliphatic rings. The molecule has 0 radical (unpaired) electrons. The molecule has 0 aliphatic carbocycles.